The number of rotatable bonds is 8. The van der Waals surface area contributed by atoms with E-state index in [0.717, 1.165) is 0 Å². The van der Waals surface area contributed by atoms with E-state index < -0.39 is 18.6 Å². The first-order chi connectivity index (χ1) is 12.5. The summed E-state index contributed by atoms with van der Waals surface area (Å²) in [6.07, 6.45) is 2.82. The molecule has 7 heteroatoms. The van der Waals surface area contributed by atoms with Crippen LogP contribution in [-0.2, 0) is 4.79 Å². The number of aromatic carboxylic acids is 1. The van der Waals surface area contributed by atoms with Gasteiger partial charge < -0.3 is 19.9 Å². The smallest absolute Gasteiger partial charge is 0.337 e. The summed E-state index contributed by atoms with van der Waals surface area (Å²) in [6.45, 7) is -0.681. The summed E-state index contributed by atoms with van der Waals surface area (Å²) >= 11 is 0. The summed E-state index contributed by atoms with van der Waals surface area (Å²) < 4.78 is 22.6. The molecule has 0 aliphatic rings. The molecule has 2 rings (SSSR count). The number of nitrogens with one attached hydrogen (secondary N) is 1. The second kappa shape index (κ2) is 9.22. The van der Waals surface area contributed by atoms with Gasteiger partial charge in [0.2, 0.25) is 5.91 Å². The van der Waals surface area contributed by atoms with Crippen LogP contribution in [0.25, 0.3) is 6.08 Å². The first-order valence-electron chi connectivity index (χ1n) is 7.73. The van der Waals surface area contributed by atoms with Gasteiger partial charge in [-0.1, -0.05) is 18.2 Å². The first kappa shape index (κ1) is 19.0. The van der Waals surface area contributed by atoms with Gasteiger partial charge in [-0.05, 0) is 35.9 Å². The fourth-order valence-electron chi connectivity index (χ4n) is 2.18. The van der Waals surface area contributed by atoms with E-state index in [1.165, 1.54) is 25.3 Å². The zero-order chi connectivity index (χ0) is 18.9. The largest absolute Gasteiger partial charge is 0.493 e. The highest BCUT2D eigenvalue weighted by Gasteiger charge is 2.10. The van der Waals surface area contributed by atoms with E-state index in [1.54, 1.807) is 36.4 Å². The molecule has 2 aromatic carbocycles. The molecule has 0 unspecified atom stereocenters. The van der Waals surface area contributed by atoms with Crippen molar-refractivity contribution in [2.75, 3.05) is 25.7 Å². The van der Waals surface area contributed by atoms with Crippen molar-refractivity contribution in [2.45, 2.75) is 0 Å². The Balaban J connectivity index is 2.09. The molecular weight excluding hydrogens is 341 g/mol. The molecule has 6 nitrogen and oxygen atoms in total. The summed E-state index contributed by atoms with van der Waals surface area (Å²) in [7, 11) is 1.46. The van der Waals surface area contributed by atoms with Crippen molar-refractivity contribution in [3.8, 4) is 11.5 Å². The number of carbonyl (C=O) groups excluding carboxylic acids is 1. The van der Waals surface area contributed by atoms with Gasteiger partial charge in [0, 0.05) is 6.08 Å². The van der Waals surface area contributed by atoms with Gasteiger partial charge in [0.25, 0.3) is 0 Å². The number of anilines is 1. The highest BCUT2D eigenvalue weighted by atomic mass is 19.1. The molecular formula is C19H18FNO5. The zero-order valence-corrected chi connectivity index (χ0v) is 14.1. The van der Waals surface area contributed by atoms with Crippen LogP contribution >= 0.6 is 0 Å². The van der Waals surface area contributed by atoms with Gasteiger partial charge in [-0.25, -0.2) is 9.18 Å². The van der Waals surface area contributed by atoms with E-state index in [1.807, 2.05) is 0 Å². The molecule has 0 radical (unpaired) electrons. The van der Waals surface area contributed by atoms with Crippen molar-refractivity contribution >= 4 is 23.6 Å². The van der Waals surface area contributed by atoms with E-state index >= 15 is 0 Å². The lowest BCUT2D eigenvalue weighted by molar-refractivity contribution is -0.111. The molecule has 2 aromatic rings. The summed E-state index contributed by atoms with van der Waals surface area (Å²) in [6, 6.07) is 11.1. The average molecular weight is 359 g/mol. The Morgan fingerprint density at radius 1 is 1.19 bits per heavy atom. The normalized spacial score (nSPS) is 10.5. The molecule has 0 spiro atoms. The van der Waals surface area contributed by atoms with Crippen LogP contribution in [0.1, 0.15) is 15.9 Å². The standard InChI is InChI=1S/C19H18FNO5/c1-25-17-12-13(6-8-16(17)26-11-10-20)7-9-18(22)21-15-5-3-2-4-14(15)19(23)24/h2-9,12H,10-11H2,1H3,(H,21,22)(H,23,24)/b9-7+. The van der Waals surface area contributed by atoms with Crippen LogP contribution in [-0.4, -0.2) is 37.4 Å². The third kappa shape index (κ3) is 5.07. The van der Waals surface area contributed by atoms with Crippen LogP contribution in [0.5, 0.6) is 11.5 Å². The lowest BCUT2D eigenvalue weighted by Gasteiger charge is -2.10. The Morgan fingerprint density at radius 3 is 2.65 bits per heavy atom. The molecule has 0 saturated heterocycles. The fraction of sp³-hybridized carbons (Fsp3) is 0.158. The molecule has 0 aliphatic carbocycles. The van der Waals surface area contributed by atoms with E-state index in [-0.39, 0.29) is 17.9 Å². The molecule has 1 amide bonds. The van der Waals surface area contributed by atoms with Gasteiger partial charge >= 0.3 is 5.97 Å². The molecule has 0 saturated carbocycles. The SMILES string of the molecule is COc1cc(/C=C/C(=O)Nc2ccccc2C(=O)O)ccc1OCCF. The number of hydrogen-bond donors (Lipinski definition) is 2. The van der Waals surface area contributed by atoms with Crippen LogP contribution in [0.4, 0.5) is 10.1 Å². The third-order valence-corrected chi connectivity index (χ3v) is 3.36. The van der Waals surface area contributed by atoms with Crippen molar-refractivity contribution in [1.82, 2.24) is 0 Å². The van der Waals surface area contributed by atoms with Crippen molar-refractivity contribution in [2.24, 2.45) is 0 Å². The van der Waals surface area contributed by atoms with Crippen molar-refractivity contribution in [3.05, 3.63) is 59.7 Å². The minimum Gasteiger partial charge on any atom is -0.493 e. The van der Waals surface area contributed by atoms with E-state index in [9.17, 15) is 14.0 Å². The Labute approximate surface area is 149 Å². The van der Waals surface area contributed by atoms with Crippen molar-refractivity contribution in [3.63, 3.8) is 0 Å². The molecule has 0 bridgehead atoms. The van der Waals surface area contributed by atoms with E-state index in [4.69, 9.17) is 14.6 Å². The highest BCUT2D eigenvalue weighted by Crippen LogP contribution is 2.28. The number of carboxylic acids is 1. The predicted molar refractivity (Wildman–Crippen MR) is 95.5 cm³/mol. The van der Waals surface area contributed by atoms with E-state index in [0.29, 0.717) is 17.1 Å². The van der Waals surface area contributed by atoms with Crippen molar-refractivity contribution < 1.29 is 28.6 Å². The quantitative estimate of drug-likeness (QED) is 0.706. The van der Waals surface area contributed by atoms with Gasteiger partial charge in [-0.3, -0.25) is 4.79 Å². The first-order valence-corrected chi connectivity index (χ1v) is 7.73. The number of benzene rings is 2. The molecule has 0 heterocycles. The monoisotopic (exact) mass is 359 g/mol. The highest BCUT2D eigenvalue weighted by molar-refractivity contribution is 6.06. The van der Waals surface area contributed by atoms with Crippen LogP contribution < -0.4 is 14.8 Å². The molecule has 0 aliphatic heterocycles. The molecule has 0 atom stereocenters. The van der Waals surface area contributed by atoms with Gasteiger partial charge in [0.15, 0.2) is 11.5 Å². The number of hydrogen-bond acceptors (Lipinski definition) is 4. The molecule has 2 N–H and O–H groups in total. The summed E-state index contributed by atoms with van der Waals surface area (Å²) in [5.41, 5.74) is 0.878. The number of halogens is 1. The molecule has 136 valence electrons. The second-order valence-corrected chi connectivity index (χ2v) is 5.12. The van der Waals surface area contributed by atoms with Crippen molar-refractivity contribution in [1.29, 1.82) is 0 Å². The van der Waals surface area contributed by atoms with Gasteiger partial charge in [0.05, 0.1) is 18.4 Å². The lowest BCUT2D eigenvalue weighted by atomic mass is 10.1. The Bertz CT molecular complexity index is 819. The third-order valence-electron chi connectivity index (χ3n) is 3.36. The molecule has 0 fully saturated rings. The van der Waals surface area contributed by atoms with Crippen LogP contribution in [0, 0.1) is 0 Å². The summed E-state index contributed by atoms with van der Waals surface area (Å²) in [5.74, 6) is -0.784. The molecule has 26 heavy (non-hydrogen) atoms. The lowest BCUT2D eigenvalue weighted by Crippen LogP contribution is -2.11. The number of carbonyl (C=O) groups is 2. The number of carboxylic acid groups (broad SMARTS) is 1. The van der Waals surface area contributed by atoms with Gasteiger partial charge in [-0.2, -0.15) is 0 Å². The van der Waals surface area contributed by atoms with E-state index in [2.05, 4.69) is 5.32 Å². The number of ether oxygens (including phenoxy) is 2. The Morgan fingerprint density at radius 2 is 1.96 bits per heavy atom. The van der Waals surface area contributed by atoms with Crippen LogP contribution in [0.3, 0.4) is 0 Å². The number of methoxy groups -OCH3 is 1. The summed E-state index contributed by atoms with van der Waals surface area (Å²) in [4.78, 5) is 23.2. The minimum absolute atomic E-state index is 0.00489. The maximum atomic E-state index is 12.2. The van der Waals surface area contributed by atoms with Crippen LogP contribution in [0.2, 0.25) is 0 Å². The van der Waals surface area contributed by atoms with Gasteiger partial charge in [-0.15, -0.1) is 0 Å². The Hall–Kier alpha value is -3.35. The minimum atomic E-state index is -1.13. The number of para-hydroxylation sites is 1. The number of alkyl halides is 1. The predicted octanol–water partition coefficient (Wildman–Crippen LogP) is 3.39. The maximum absolute atomic E-state index is 12.2. The summed E-state index contributed by atoms with van der Waals surface area (Å²) in [5, 5.41) is 11.6. The number of amides is 1. The maximum Gasteiger partial charge on any atom is 0.337 e. The average Bonchev–Trinajstić information content (AvgIpc) is 2.65. The second-order valence-electron chi connectivity index (χ2n) is 5.12. The molecule has 0 aromatic heterocycles. The fourth-order valence-corrected chi connectivity index (χ4v) is 2.18. The Kier molecular flexibility index (Phi) is 6.73. The topological polar surface area (TPSA) is 84.9 Å². The zero-order valence-electron chi connectivity index (χ0n) is 14.1. The van der Waals surface area contributed by atoms with Crippen LogP contribution in [0.15, 0.2) is 48.5 Å². The van der Waals surface area contributed by atoms with Gasteiger partial charge in [0.1, 0.15) is 13.3 Å².